The second-order valence-electron chi connectivity index (χ2n) is 12.3. The van der Waals surface area contributed by atoms with Crippen LogP contribution >= 0.6 is 0 Å². The molecule has 9 nitrogen and oxygen atoms in total. The van der Waals surface area contributed by atoms with E-state index in [0.717, 1.165) is 38.8 Å². The normalized spacial score (nSPS) is 32.1. The number of benzene rings is 1. The van der Waals surface area contributed by atoms with Crippen LogP contribution in [0.1, 0.15) is 57.4 Å². The van der Waals surface area contributed by atoms with E-state index in [0.29, 0.717) is 37.9 Å². The summed E-state index contributed by atoms with van der Waals surface area (Å²) >= 11 is 0. The lowest BCUT2D eigenvalue weighted by molar-refractivity contribution is -0.141. The molecule has 4 heterocycles. The fourth-order valence-corrected chi connectivity index (χ4v) is 7.29. The predicted molar refractivity (Wildman–Crippen MR) is 151 cm³/mol. The van der Waals surface area contributed by atoms with Crippen LogP contribution in [0.4, 0.5) is 5.69 Å². The van der Waals surface area contributed by atoms with Gasteiger partial charge in [-0.05, 0) is 36.5 Å². The number of carbonyl (C=O) groups is 3. The Morgan fingerprint density at radius 1 is 1.02 bits per heavy atom. The van der Waals surface area contributed by atoms with E-state index in [4.69, 9.17) is 9.47 Å². The van der Waals surface area contributed by atoms with Crippen LogP contribution in [0.25, 0.3) is 0 Å². The van der Waals surface area contributed by atoms with Gasteiger partial charge < -0.3 is 25.0 Å². The third-order valence-electron chi connectivity index (χ3n) is 9.48. The zero-order chi connectivity index (χ0) is 27.9. The molecule has 216 valence electrons. The molecule has 9 heteroatoms. The summed E-state index contributed by atoms with van der Waals surface area (Å²) in [4.78, 5) is 45.7. The van der Waals surface area contributed by atoms with Crippen molar-refractivity contribution in [3.63, 3.8) is 0 Å². The van der Waals surface area contributed by atoms with Crippen molar-refractivity contribution in [2.45, 2.75) is 75.7 Å². The van der Waals surface area contributed by atoms with Gasteiger partial charge in [-0.2, -0.15) is 0 Å². The minimum Gasteiger partial charge on any atom is -0.379 e. The van der Waals surface area contributed by atoms with Gasteiger partial charge in [-0.25, -0.2) is 0 Å². The molecule has 5 atom stereocenters. The summed E-state index contributed by atoms with van der Waals surface area (Å²) in [6, 6.07) is 7.15. The first-order valence-electron chi connectivity index (χ1n) is 15.1. The van der Waals surface area contributed by atoms with Crippen molar-refractivity contribution in [1.82, 2.24) is 15.1 Å². The molecule has 3 amide bonds. The van der Waals surface area contributed by atoms with Crippen LogP contribution in [-0.4, -0.2) is 90.7 Å². The van der Waals surface area contributed by atoms with E-state index in [1.54, 1.807) is 4.90 Å². The van der Waals surface area contributed by atoms with E-state index >= 15 is 0 Å². The third-order valence-corrected chi connectivity index (χ3v) is 9.48. The molecule has 5 aliphatic rings. The molecular weight excluding hydrogens is 508 g/mol. The maximum atomic E-state index is 14.1. The average molecular weight is 551 g/mol. The van der Waals surface area contributed by atoms with Crippen molar-refractivity contribution in [1.29, 1.82) is 0 Å². The number of amides is 3. The Morgan fingerprint density at radius 3 is 2.45 bits per heavy atom. The maximum Gasteiger partial charge on any atom is 0.246 e. The number of hydrogen-bond acceptors (Lipinski definition) is 6. The standard InChI is InChI=1S/C31H42N4O5/c1-20(2)21-8-10-23(11-9-21)32-28(36)25-24-12-13-31(40-24)26(25)30(38)35(15-14-34-16-18-39-19-17-34)27(31)29(37)33-22-6-4-3-5-7-22/h8-13,20,22,24-27H,3-7,14-19H2,1-2H3,(H,32,36)(H,33,37)/t24-,25+,26-,27+,31-/m1/s1. The van der Waals surface area contributed by atoms with Gasteiger partial charge in [0.15, 0.2) is 0 Å². The number of hydrogen-bond donors (Lipinski definition) is 2. The monoisotopic (exact) mass is 550 g/mol. The van der Waals surface area contributed by atoms with Gasteiger partial charge in [0.1, 0.15) is 11.6 Å². The fraction of sp³-hybridized carbons (Fsp3) is 0.645. The van der Waals surface area contributed by atoms with Gasteiger partial charge in [0.05, 0.1) is 31.2 Å². The Bertz CT molecular complexity index is 1140. The molecule has 1 aromatic carbocycles. The molecule has 4 aliphatic heterocycles. The lowest BCUT2D eigenvalue weighted by Crippen LogP contribution is -2.57. The summed E-state index contributed by atoms with van der Waals surface area (Å²) in [6.07, 6.45) is 8.53. The van der Waals surface area contributed by atoms with E-state index in [1.807, 2.05) is 36.4 Å². The number of ether oxygens (including phenoxy) is 2. The second-order valence-corrected chi connectivity index (χ2v) is 12.3. The number of nitrogens with one attached hydrogen (secondary N) is 2. The average Bonchev–Trinajstić information content (AvgIpc) is 3.60. The Balaban J connectivity index is 1.24. The second kappa shape index (κ2) is 11.3. The van der Waals surface area contributed by atoms with Gasteiger partial charge in [0, 0.05) is 37.9 Å². The van der Waals surface area contributed by atoms with Crippen LogP contribution in [0.5, 0.6) is 0 Å². The molecule has 3 saturated heterocycles. The van der Waals surface area contributed by atoms with Crippen LogP contribution in [0, 0.1) is 11.8 Å². The van der Waals surface area contributed by atoms with Gasteiger partial charge in [-0.3, -0.25) is 19.3 Å². The predicted octanol–water partition coefficient (Wildman–Crippen LogP) is 2.68. The van der Waals surface area contributed by atoms with E-state index in [2.05, 4.69) is 29.4 Å². The Kier molecular flexibility index (Phi) is 7.72. The number of nitrogens with zero attached hydrogens (tertiary/aromatic N) is 2. The highest BCUT2D eigenvalue weighted by Gasteiger charge is 2.72. The Hall–Kier alpha value is -2.75. The zero-order valence-electron chi connectivity index (χ0n) is 23.6. The first-order valence-corrected chi connectivity index (χ1v) is 15.1. The van der Waals surface area contributed by atoms with Crippen molar-refractivity contribution >= 4 is 23.4 Å². The molecule has 1 saturated carbocycles. The molecule has 2 bridgehead atoms. The van der Waals surface area contributed by atoms with Gasteiger partial charge in [0.25, 0.3) is 0 Å². The molecule has 40 heavy (non-hydrogen) atoms. The molecule has 1 aromatic rings. The summed E-state index contributed by atoms with van der Waals surface area (Å²) in [5, 5.41) is 6.28. The number of likely N-dealkylation sites (tertiary alicyclic amines) is 1. The van der Waals surface area contributed by atoms with Crippen LogP contribution in [0.15, 0.2) is 36.4 Å². The maximum absolute atomic E-state index is 14.1. The molecule has 4 fully saturated rings. The van der Waals surface area contributed by atoms with Crippen molar-refractivity contribution < 1.29 is 23.9 Å². The van der Waals surface area contributed by atoms with E-state index in [1.165, 1.54) is 12.0 Å². The van der Waals surface area contributed by atoms with Gasteiger partial charge in [0.2, 0.25) is 17.7 Å². The highest BCUT2D eigenvalue weighted by Crippen LogP contribution is 2.55. The van der Waals surface area contributed by atoms with Crippen molar-refractivity contribution in [2.24, 2.45) is 11.8 Å². The van der Waals surface area contributed by atoms with E-state index in [-0.39, 0.29) is 23.8 Å². The largest absolute Gasteiger partial charge is 0.379 e. The first-order chi connectivity index (χ1) is 19.4. The van der Waals surface area contributed by atoms with Gasteiger partial charge >= 0.3 is 0 Å². The lowest BCUT2D eigenvalue weighted by atomic mass is 9.74. The summed E-state index contributed by atoms with van der Waals surface area (Å²) in [6.45, 7) is 8.25. The summed E-state index contributed by atoms with van der Waals surface area (Å²) < 4.78 is 12.0. The highest BCUT2D eigenvalue weighted by atomic mass is 16.5. The number of morpholine rings is 1. The third kappa shape index (κ3) is 4.97. The van der Waals surface area contributed by atoms with Crippen LogP contribution in [0.2, 0.25) is 0 Å². The van der Waals surface area contributed by atoms with Crippen molar-refractivity contribution in [2.75, 3.05) is 44.7 Å². The van der Waals surface area contributed by atoms with Crippen LogP contribution < -0.4 is 10.6 Å². The number of rotatable bonds is 8. The zero-order valence-corrected chi connectivity index (χ0v) is 23.6. The van der Waals surface area contributed by atoms with E-state index in [9.17, 15) is 14.4 Å². The van der Waals surface area contributed by atoms with Gasteiger partial charge in [-0.15, -0.1) is 0 Å². The fourth-order valence-electron chi connectivity index (χ4n) is 7.29. The van der Waals surface area contributed by atoms with Gasteiger partial charge in [-0.1, -0.05) is 57.4 Å². The number of anilines is 1. The molecule has 0 radical (unpaired) electrons. The molecule has 0 aromatic heterocycles. The summed E-state index contributed by atoms with van der Waals surface area (Å²) in [7, 11) is 0. The topological polar surface area (TPSA) is 100 Å². The van der Waals surface area contributed by atoms with Crippen molar-refractivity contribution in [3.8, 4) is 0 Å². The summed E-state index contributed by atoms with van der Waals surface area (Å²) in [5.41, 5.74) is 0.753. The van der Waals surface area contributed by atoms with Crippen LogP contribution in [-0.2, 0) is 23.9 Å². The Labute approximate surface area is 236 Å². The Morgan fingerprint density at radius 2 is 1.75 bits per heavy atom. The minimum absolute atomic E-state index is 0.114. The number of fused-ring (bicyclic) bond motifs is 1. The molecule has 1 aliphatic carbocycles. The van der Waals surface area contributed by atoms with Crippen molar-refractivity contribution in [3.05, 3.63) is 42.0 Å². The molecular formula is C31H42N4O5. The molecule has 1 spiro atoms. The first kappa shape index (κ1) is 27.4. The molecule has 6 rings (SSSR count). The lowest BCUT2D eigenvalue weighted by Gasteiger charge is -2.35. The van der Waals surface area contributed by atoms with E-state index < -0.39 is 29.6 Å². The quantitative estimate of drug-likeness (QED) is 0.483. The molecule has 2 N–H and O–H groups in total. The molecule has 0 unspecified atom stereocenters. The SMILES string of the molecule is CC(C)c1ccc(NC(=O)[C@H]2[C@H]3C=C[C@]4(O3)[C@H](C(=O)NC3CCCCC3)N(CCN3CCOCC3)C(=O)[C@@H]24)cc1. The van der Waals surface area contributed by atoms with Crippen LogP contribution in [0.3, 0.4) is 0 Å². The smallest absolute Gasteiger partial charge is 0.246 e. The summed E-state index contributed by atoms with van der Waals surface area (Å²) in [5.74, 6) is -1.61. The minimum atomic E-state index is -1.13. The highest BCUT2D eigenvalue weighted by molar-refractivity contribution is 6.02. The number of carbonyl (C=O) groups excluding carboxylic acids is 3.